The van der Waals surface area contributed by atoms with Crippen molar-refractivity contribution in [3.8, 4) is 5.75 Å². The highest BCUT2D eigenvalue weighted by Crippen LogP contribution is 2.35. The van der Waals surface area contributed by atoms with E-state index in [0.29, 0.717) is 0 Å². The smallest absolute Gasteiger partial charge is 0.119 e. The molecule has 2 N–H and O–H groups in total. The minimum Gasteiger partial charge on any atom is -0.497 e. The zero-order valence-electron chi connectivity index (χ0n) is 11.6. The highest BCUT2D eigenvalue weighted by molar-refractivity contribution is 5.42. The third-order valence-electron chi connectivity index (χ3n) is 4.62. The van der Waals surface area contributed by atoms with Gasteiger partial charge in [0.2, 0.25) is 0 Å². The third kappa shape index (κ3) is 2.63. The molecule has 0 radical (unpaired) electrons. The lowest BCUT2D eigenvalue weighted by Crippen LogP contribution is -2.26. The lowest BCUT2D eigenvalue weighted by molar-refractivity contribution is 0.0295. The lowest BCUT2D eigenvalue weighted by atomic mass is 9.83. The summed E-state index contributed by atoms with van der Waals surface area (Å²) >= 11 is 0. The maximum absolute atomic E-state index is 6.30. The summed E-state index contributed by atoms with van der Waals surface area (Å²) in [5, 5.41) is 0. The fourth-order valence-corrected chi connectivity index (χ4v) is 3.07. The molecule has 3 nitrogen and oxygen atoms in total. The molecular weight excluding hydrogens is 238 g/mol. The average Bonchev–Trinajstić information content (AvgIpc) is 2.69. The van der Waals surface area contributed by atoms with E-state index in [0.717, 1.165) is 24.7 Å². The van der Waals surface area contributed by atoms with Crippen molar-refractivity contribution >= 4 is 0 Å². The van der Waals surface area contributed by atoms with Gasteiger partial charge in [-0.15, -0.1) is 0 Å². The standard InChI is InChI=1S/C16H23NO2/c1-18-13-6-5-12-9-15(16(17)14(12)10-13)19-8-7-11-3-2-4-11/h5-6,10-11,15-16H,2-4,7-9,17H2,1H3. The molecule has 2 aliphatic carbocycles. The van der Waals surface area contributed by atoms with Crippen LogP contribution in [0.5, 0.6) is 5.75 Å². The van der Waals surface area contributed by atoms with Gasteiger partial charge in [-0.1, -0.05) is 25.3 Å². The van der Waals surface area contributed by atoms with E-state index in [1.54, 1.807) is 7.11 Å². The first kappa shape index (κ1) is 12.9. The first-order chi connectivity index (χ1) is 9.28. The number of methoxy groups -OCH3 is 1. The van der Waals surface area contributed by atoms with Gasteiger partial charge >= 0.3 is 0 Å². The van der Waals surface area contributed by atoms with Crippen LogP contribution in [0.25, 0.3) is 0 Å². The second-order valence-electron chi connectivity index (χ2n) is 5.79. The molecule has 3 rings (SSSR count). The molecule has 0 aliphatic heterocycles. The van der Waals surface area contributed by atoms with Gasteiger partial charge in [-0.2, -0.15) is 0 Å². The van der Waals surface area contributed by atoms with E-state index in [1.165, 1.54) is 36.8 Å². The fourth-order valence-electron chi connectivity index (χ4n) is 3.07. The zero-order valence-corrected chi connectivity index (χ0v) is 11.6. The molecule has 0 amide bonds. The van der Waals surface area contributed by atoms with E-state index >= 15 is 0 Å². The van der Waals surface area contributed by atoms with E-state index in [-0.39, 0.29) is 12.1 Å². The van der Waals surface area contributed by atoms with Gasteiger partial charge in [0.05, 0.1) is 19.3 Å². The van der Waals surface area contributed by atoms with Crippen molar-refractivity contribution in [2.75, 3.05) is 13.7 Å². The number of rotatable bonds is 5. The van der Waals surface area contributed by atoms with Crippen molar-refractivity contribution in [3.05, 3.63) is 29.3 Å². The summed E-state index contributed by atoms with van der Waals surface area (Å²) < 4.78 is 11.3. The summed E-state index contributed by atoms with van der Waals surface area (Å²) in [6, 6.07) is 6.16. The van der Waals surface area contributed by atoms with Crippen LogP contribution in [0.3, 0.4) is 0 Å². The first-order valence-electron chi connectivity index (χ1n) is 7.32. The largest absolute Gasteiger partial charge is 0.497 e. The van der Waals surface area contributed by atoms with Crippen LogP contribution >= 0.6 is 0 Å². The van der Waals surface area contributed by atoms with Gasteiger partial charge in [-0.3, -0.25) is 0 Å². The second-order valence-corrected chi connectivity index (χ2v) is 5.79. The van der Waals surface area contributed by atoms with Crippen molar-refractivity contribution < 1.29 is 9.47 Å². The van der Waals surface area contributed by atoms with Crippen LogP contribution in [0.2, 0.25) is 0 Å². The van der Waals surface area contributed by atoms with Crippen molar-refractivity contribution in [2.45, 2.75) is 44.2 Å². The summed E-state index contributed by atoms with van der Waals surface area (Å²) in [6.07, 6.45) is 6.45. The Bertz CT molecular complexity index is 442. The van der Waals surface area contributed by atoms with Gasteiger partial charge in [-0.05, 0) is 35.6 Å². The van der Waals surface area contributed by atoms with Crippen LogP contribution in [0, 0.1) is 5.92 Å². The molecule has 0 saturated heterocycles. The monoisotopic (exact) mass is 261 g/mol. The molecular formula is C16H23NO2. The molecule has 0 heterocycles. The quantitative estimate of drug-likeness (QED) is 0.886. The number of ether oxygens (including phenoxy) is 2. The lowest BCUT2D eigenvalue weighted by Gasteiger charge is -2.26. The Morgan fingerprint density at radius 3 is 2.84 bits per heavy atom. The molecule has 0 aromatic heterocycles. The molecule has 1 fully saturated rings. The molecule has 2 unspecified atom stereocenters. The summed E-state index contributed by atoms with van der Waals surface area (Å²) in [6.45, 7) is 0.855. The first-order valence-corrected chi connectivity index (χ1v) is 7.32. The number of benzene rings is 1. The maximum Gasteiger partial charge on any atom is 0.119 e. The molecule has 2 aliphatic rings. The van der Waals surface area contributed by atoms with E-state index in [1.807, 2.05) is 6.07 Å². The minimum atomic E-state index is -0.00788. The van der Waals surface area contributed by atoms with Crippen molar-refractivity contribution in [2.24, 2.45) is 11.7 Å². The number of hydrogen-bond acceptors (Lipinski definition) is 3. The van der Waals surface area contributed by atoms with Gasteiger partial charge in [0.15, 0.2) is 0 Å². The fraction of sp³-hybridized carbons (Fsp3) is 0.625. The topological polar surface area (TPSA) is 44.5 Å². The normalized spacial score (nSPS) is 26.0. The van der Waals surface area contributed by atoms with Crippen LogP contribution in [-0.4, -0.2) is 19.8 Å². The molecule has 1 aromatic rings. The van der Waals surface area contributed by atoms with E-state index < -0.39 is 0 Å². The van der Waals surface area contributed by atoms with Crippen molar-refractivity contribution in [1.29, 1.82) is 0 Å². The molecule has 104 valence electrons. The van der Waals surface area contributed by atoms with E-state index in [4.69, 9.17) is 15.2 Å². The van der Waals surface area contributed by atoms with Crippen LogP contribution < -0.4 is 10.5 Å². The summed E-state index contributed by atoms with van der Waals surface area (Å²) in [7, 11) is 1.69. The second kappa shape index (κ2) is 5.51. The third-order valence-corrected chi connectivity index (χ3v) is 4.62. The summed E-state index contributed by atoms with van der Waals surface area (Å²) in [4.78, 5) is 0. The van der Waals surface area contributed by atoms with Gasteiger partial charge < -0.3 is 15.2 Å². The Balaban J connectivity index is 1.57. The average molecular weight is 261 g/mol. The summed E-state index contributed by atoms with van der Waals surface area (Å²) in [5.74, 6) is 1.78. The molecule has 0 spiro atoms. The highest BCUT2D eigenvalue weighted by Gasteiger charge is 2.31. The molecule has 1 saturated carbocycles. The Hall–Kier alpha value is -1.06. The van der Waals surface area contributed by atoms with Crippen LogP contribution in [0.4, 0.5) is 0 Å². The molecule has 0 bridgehead atoms. The van der Waals surface area contributed by atoms with E-state index in [2.05, 4.69) is 12.1 Å². The van der Waals surface area contributed by atoms with Crippen LogP contribution in [0.1, 0.15) is 42.9 Å². The van der Waals surface area contributed by atoms with Gasteiger partial charge in [-0.25, -0.2) is 0 Å². The van der Waals surface area contributed by atoms with E-state index in [9.17, 15) is 0 Å². The van der Waals surface area contributed by atoms with Gasteiger partial charge in [0.1, 0.15) is 5.75 Å². The summed E-state index contributed by atoms with van der Waals surface area (Å²) in [5.41, 5.74) is 8.79. The Morgan fingerprint density at radius 1 is 1.32 bits per heavy atom. The Labute approximate surface area is 115 Å². The van der Waals surface area contributed by atoms with Crippen molar-refractivity contribution in [1.82, 2.24) is 0 Å². The zero-order chi connectivity index (χ0) is 13.2. The number of fused-ring (bicyclic) bond motifs is 1. The van der Waals surface area contributed by atoms with Crippen LogP contribution in [-0.2, 0) is 11.2 Å². The highest BCUT2D eigenvalue weighted by atomic mass is 16.5. The Kier molecular flexibility index (Phi) is 3.76. The van der Waals surface area contributed by atoms with Crippen molar-refractivity contribution in [3.63, 3.8) is 0 Å². The molecule has 19 heavy (non-hydrogen) atoms. The SMILES string of the molecule is COc1ccc2c(c1)C(N)C(OCCC1CCC1)C2. The predicted molar refractivity (Wildman–Crippen MR) is 75.3 cm³/mol. The minimum absolute atomic E-state index is 0.00788. The predicted octanol–water partition coefficient (Wildman–Crippen LogP) is 2.83. The molecule has 3 heteroatoms. The molecule has 2 atom stereocenters. The number of hydrogen-bond donors (Lipinski definition) is 1. The molecule has 1 aromatic carbocycles. The maximum atomic E-state index is 6.30. The van der Waals surface area contributed by atoms with Gasteiger partial charge in [0.25, 0.3) is 0 Å². The number of nitrogens with two attached hydrogens (primary N) is 1. The van der Waals surface area contributed by atoms with Crippen LogP contribution in [0.15, 0.2) is 18.2 Å². The Morgan fingerprint density at radius 2 is 2.16 bits per heavy atom. The van der Waals surface area contributed by atoms with Gasteiger partial charge in [0, 0.05) is 13.0 Å².